The van der Waals surface area contributed by atoms with Crippen LogP contribution in [0, 0.1) is 5.41 Å². The highest BCUT2D eigenvalue weighted by Gasteiger charge is 2.15. The van der Waals surface area contributed by atoms with E-state index in [1.165, 1.54) is 0 Å². The van der Waals surface area contributed by atoms with Gasteiger partial charge in [-0.3, -0.25) is 0 Å². The summed E-state index contributed by atoms with van der Waals surface area (Å²) in [6.45, 7) is 13.4. The van der Waals surface area contributed by atoms with Gasteiger partial charge in [-0.15, -0.1) is 0 Å². The van der Waals surface area contributed by atoms with E-state index in [0.717, 1.165) is 30.9 Å². The molecule has 0 bridgehead atoms. The van der Waals surface area contributed by atoms with Gasteiger partial charge in [-0.05, 0) is 39.0 Å². The molecule has 1 aromatic heterocycles. The lowest BCUT2D eigenvalue weighted by Gasteiger charge is -2.19. The van der Waals surface area contributed by atoms with E-state index < -0.39 is 5.60 Å². The molecule has 0 aliphatic heterocycles. The Labute approximate surface area is 139 Å². The highest BCUT2D eigenvalue weighted by atomic mass is 16.6. The molecule has 1 amide bonds. The zero-order valence-electron chi connectivity index (χ0n) is 15.2. The predicted molar refractivity (Wildman–Crippen MR) is 92.5 cm³/mol. The van der Waals surface area contributed by atoms with E-state index >= 15 is 0 Å². The molecule has 0 unspecified atom stereocenters. The first kappa shape index (κ1) is 19.2. The van der Waals surface area contributed by atoms with Crippen molar-refractivity contribution in [3.8, 4) is 0 Å². The van der Waals surface area contributed by atoms with E-state index in [2.05, 4.69) is 41.4 Å². The molecule has 6 heteroatoms. The molecule has 0 radical (unpaired) electrons. The smallest absolute Gasteiger partial charge is 0.407 e. The van der Waals surface area contributed by atoms with Crippen LogP contribution in [0.5, 0.6) is 0 Å². The Morgan fingerprint density at radius 2 is 1.83 bits per heavy atom. The van der Waals surface area contributed by atoms with E-state index in [9.17, 15) is 4.79 Å². The standard InChI is InChI=1S/C17H30N4O2/c1-16(2,3)11-13-10-14(21-12-20-13)18-8-7-9-19-15(22)23-17(4,5)6/h10,12H,7-9,11H2,1-6H3,(H,19,22)(H,18,20,21). The van der Waals surface area contributed by atoms with Gasteiger partial charge in [0.25, 0.3) is 0 Å². The third-order valence-corrected chi connectivity index (χ3v) is 2.76. The summed E-state index contributed by atoms with van der Waals surface area (Å²) in [5.74, 6) is 0.816. The van der Waals surface area contributed by atoms with Crippen LogP contribution < -0.4 is 10.6 Å². The minimum absolute atomic E-state index is 0.197. The van der Waals surface area contributed by atoms with Crippen molar-refractivity contribution >= 4 is 11.9 Å². The van der Waals surface area contributed by atoms with Gasteiger partial charge < -0.3 is 15.4 Å². The maximum absolute atomic E-state index is 11.5. The van der Waals surface area contributed by atoms with Crippen molar-refractivity contribution in [1.82, 2.24) is 15.3 Å². The van der Waals surface area contributed by atoms with Gasteiger partial charge >= 0.3 is 6.09 Å². The number of amides is 1. The normalized spacial score (nSPS) is 11.9. The number of ether oxygens (including phenoxy) is 1. The molecule has 0 fully saturated rings. The van der Waals surface area contributed by atoms with Crippen molar-refractivity contribution in [1.29, 1.82) is 0 Å². The lowest BCUT2D eigenvalue weighted by Crippen LogP contribution is -2.33. The predicted octanol–water partition coefficient (Wildman–Crippen LogP) is 3.39. The summed E-state index contributed by atoms with van der Waals surface area (Å²) in [5, 5.41) is 5.98. The lowest BCUT2D eigenvalue weighted by atomic mass is 9.90. The van der Waals surface area contributed by atoms with Crippen molar-refractivity contribution in [2.75, 3.05) is 18.4 Å². The second-order valence-corrected chi connectivity index (χ2v) is 7.84. The maximum Gasteiger partial charge on any atom is 0.407 e. The topological polar surface area (TPSA) is 76.1 Å². The molecule has 1 aromatic rings. The molecule has 0 atom stereocenters. The molecular weight excluding hydrogens is 292 g/mol. The molecule has 2 N–H and O–H groups in total. The first-order valence-electron chi connectivity index (χ1n) is 8.07. The zero-order valence-corrected chi connectivity index (χ0v) is 15.2. The van der Waals surface area contributed by atoms with Gasteiger partial charge in [-0.1, -0.05) is 20.8 Å². The van der Waals surface area contributed by atoms with E-state index in [0.29, 0.717) is 6.54 Å². The third-order valence-electron chi connectivity index (χ3n) is 2.76. The van der Waals surface area contributed by atoms with Crippen LogP contribution in [0.25, 0.3) is 0 Å². The Kier molecular flexibility index (Phi) is 6.79. The van der Waals surface area contributed by atoms with Gasteiger partial charge in [-0.2, -0.15) is 0 Å². The summed E-state index contributed by atoms with van der Waals surface area (Å²) in [7, 11) is 0. The number of carbonyl (C=O) groups excluding carboxylic acids is 1. The van der Waals surface area contributed by atoms with Crippen LogP contribution >= 0.6 is 0 Å². The molecule has 1 rings (SSSR count). The number of aromatic nitrogens is 2. The SMILES string of the molecule is CC(C)(C)Cc1cc(NCCCNC(=O)OC(C)(C)C)ncn1. The number of nitrogens with zero attached hydrogens (tertiary/aromatic N) is 2. The van der Waals surface area contributed by atoms with Crippen molar-refractivity contribution in [3.63, 3.8) is 0 Å². The van der Waals surface area contributed by atoms with Gasteiger partial charge in [0.05, 0.1) is 0 Å². The Bertz CT molecular complexity index is 504. The number of carbonyl (C=O) groups is 1. The lowest BCUT2D eigenvalue weighted by molar-refractivity contribution is 0.0528. The van der Waals surface area contributed by atoms with Gasteiger partial charge in [0.1, 0.15) is 17.7 Å². The Morgan fingerprint density at radius 3 is 2.43 bits per heavy atom. The number of hydrogen-bond acceptors (Lipinski definition) is 5. The fourth-order valence-electron chi connectivity index (χ4n) is 1.94. The highest BCUT2D eigenvalue weighted by Crippen LogP contribution is 2.19. The number of rotatable bonds is 6. The molecule has 0 spiro atoms. The summed E-state index contributed by atoms with van der Waals surface area (Å²) >= 11 is 0. The van der Waals surface area contributed by atoms with Crippen LogP contribution in [-0.2, 0) is 11.2 Å². The minimum atomic E-state index is -0.466. The second-order valence-electron chi connectivity index (χ2n) is 7.84. The Morgan fingerprint density at radius 1 is 1.13 bits per heavy atom. The molecule has 6 nitrogen and oxygen atoms in total. The minimum Gasteiger partial charge on any atom is -0.444 e. The van der Waals surface area contributed by atoms with Crippen LogP contribution in [0.2, 0.25) is 0 Å². The van der Waals surface area contributed by atoms with Gasteiger partial charge in [0, 0.05) is 24.8 Å². The monoisotopic (exact) mass is 322 g/mol. The average molecular weight is 322 g/mol. The molecule has 23 heavy (non-hydrogen) atoms. The van der Waals surface area contributed by atoms with E-state index in [1.54, 1.807) is 6.33 Å². The largest absolute Gasteiger partial charge is 0.444 e. The fraction of sp³-hybridized carbons (Fsp3) is 0.706. The molecule has 130 valence electrons. The van der Waals surface area contributed by atoms with E-state index in [1.807, 2.05) is 26.8 Å². The first-order chi connectivity index (χ1) is 10.6. The van der Waals surface area contributed by atoms with Gasteiger partial charge in [0.15, 0.2) is 0 Å². The number of anilines is 1. The third kappa shape index (κ3) is 9.71. The molecule has 1 heterocycles. The van der Waals surface area contributed by atoms with Crippen LogP contribution in [0.3, 0.4) is 0 Å². The van der Waals surface area contributed by atoms with Crippen molar-refractivity contribution in [2.24, 2.45) is 5.41 Å². The summed E-state index contributed by atoms with van der Waals surface area (Å²) < 4.78 is 5.17. The van der Waals surface area contributed by atoms with Crippen molar-refractivity contribution in [3.05, 3.63) is 18.1 Å². The molecule has 0 aliphatic rings. The number of alkyl carbamates (subject to hydrolysis) is 1. The highest BCUT2D eigenvalue weighted by molar-refractivity contribution is 5.67. The van der Waals surface area contributed by atoms with Crippen LogP contribution in [-0.4, -0.2) is 34.8 Å². The first-order valence-corrected chi connectivity index (χ1v) is 8.07. The molecule has 0 saturated heterocycles. The molecule has 0 saturated carbocycles. The van der Waals surface area contributed by atoms with Crippen molar-refractivity contribution < 1.29 is 9.53 Å². The van der Waals surface area contributed by atoms with E-state index in [-0.39, 0.29) is 11.5 Å². The van der Waals surface area contributed by atoms with Gasteiger partial charge in [0.2, 0.25) is 0 Å². The summed E-state index contributed by atoms with van der Waals surface area (Å²) in [6, 6.07) is 1.98. The van der Waals surface area contributed by atoms with Crippen LogP contribution in [0.1, 0.15) is 53.7 Å². The maximum atomic E-state index is 11.5. The van der Waals surface area contributed by atoms with Crippen LogP contribution in [0.15, 0.2) is 12.4 Å². The molecule has 0 aromatic carbocycles. The number of hydrogen-bond donors (Lipinski definition) is 2. The fourth-order valence-corrected chi connectivity index (χ4v) is 1.94. The zero-order chi connectivity index (χ0) is 17.5. The average Bonchev–Trinajstić information content (AvgIpc) is 2.34. The van der Waals surface area contributed by atoms with Crippen molar-refractivity contribution in [2.45, 2.75) is 60.0 Å². The number of nitrogens with one attached hydrogen (secondary N) is 2. The summed E-state index contributed by atoms with van der Waals surface area (Å²) in [5.41, 5.74) is 0.761. The molecular formula is C17H30N4O2. The Hall–Kier alpha value is -1.85. The molecule has 0 aliphatic carbocycles. The van der Waals surface area contributed by atoms with E-state index in [4.69, 9.17) is 4.74 Å². The Balaban J connectivity index is 2.28. The summed E-state index contributed by atoms with van der Waals surface area (Å²) in [4.78, 5) is 20.0. The van der Waals surface area contributed by atoms with Crippen LogP contribution in [0.4, 0.5) is 10.6 Å². The quantitative estimate of drug-likeness (QED) is 0.785. The summed E-state index contributed by atoms with van der Waals surface area (Å²) in [6.07, 6.45) is 2.90. The second kappa shape index (κ2) is 8.13. The van der Waals surface area contributed by atoms with Gasteiger partial charge in [-0.25, -0.2) is 14.8 Å².